The minimum atomic E-state index is -0.407. The summed E-state index contributed by atoms with van der Waals surface area (Å²) in [6.07, 6.45) is 8.37. The van der Waals surface area contributed by atoms with Gasteiger partial charge in [-0.2, -0.15) is 0 Å². The number of benzene rings is 2. The maximum atomic E-state index is 13.5. The summed E-state index contributed by atoms with van der Waals surface area (Å²) in [5.41, 5.74) is 4.31. The number of hydrogen-bond acceptors (Lipinski definition) is 8. The summed E-state index contributed by atoms with van der Waals surface area (Å²) >= 11 is 0. The van der Waals surface area contributed by atoms with Crippen molar-refractivity contribution < 1.29 is 14.6 Å². The monoisotopic (exact) mass is 650 g/mol. The highest BCUT2D eigenvalue weighted by molar-refractivity contribution is 5.97. The van der Waals surface area contributed by atoms with Crippen LogP contribution in [0.5, 0.6) is 5.75 Å². The molecule has 5 N–H and O–H groups in total. The molecule has 2 amide bonds. The molecule has 1 aliphatic carbocycles. The van der Waals surface area contributed by atoms with Crippen molar-refractivity contribution in [2.24, 2.45) is 5.41 Å². The second-order valence-electron chi connectivity index (χ2n) is 13.8. The molecule has 1 aliphatic heterocycles. The molecule has 252 valence electrons. The number of aliphatic hydroxyl groups excluding tert-OH is 1. The van der Waals surface area contributed by atoms with Crippen molar-refractivity contribution in [1.82, 2.24) is 25.2 Å². The number of rotatable bonds is 9. The van der Waals surface area contributed by atoms with Gasteiger partial charge in [-0.1, -0.05) is 57.2 Å². The largest absolute Gasteiger partial charge is 0.484 e. The van der Waals surface area contributed by atoms with Crippen LogP contribution in [0.25, 0.3) is 5.65 Å². The van der Waals surface area contributed by atoms with E-state index >= 15 is 0 Å². The van der Waals surface area contributed by atoms with Crippen molar-refractivity contribution in [2.75, 3.05) is 16.8 Å². The van der Waals surface area contributed by atoms with E-state index in [4.69, 9.17) is 10.1 Å². The molecular weight excluding hydrogens is 604 g/mol. The highest BCUT2D eigenvalue weighted by Gasteiger charge is 2.30. The number of nitrogens with one attached hydrogen (secondary N) is 4. The number of anilines is 2. The number of piperidine rings is 1. The Bertz CT molecular complexity index is 1790. The zero-order valence-corrected chi connectivity index (χ0v) is 28.2. The molecule has 0 bridgehead atoms. The highest BCUT2D eigenvalue weighted by Crippen LogP contribution is 2.39. The van der Waals surface area contributed by atoms with Gasteiger partial charge in [0.25, 0.3) is 0 Å². The summed E-state index contributed by atoms with van der Waals surface area (Å²) in [5.74, 6) is 1.98. The fourth-order valence-corrected chi connectivity index (χ4v) is 6.34. The van der Waals surface area contributed by atoms with E-state index in [1.807, 2.05) is 86.0 Å². The lowest BCUT2D eigenvalue weighted by molar-refractivity contribution is 0.171. The number of hydrogen-bond donors (Lipinski definition) is 5. The van der Waals surface area contributed by atoms with Gasteiger partial charge in [0, 0.05) is 35.5 Å². The first-order valence-electron chi connectivity index (χ1n) is 16.8. The molecule has 0 unspecified atom stereocenters. The molecule has 3 heterocycles. The summed E-state index contributed by atoms with van der Waals surface area (Å²) in [5, 5.41) is 36.2. The van der Waals surface area contributed by atoms with E-state index in [1.165, 1.54) is 6.42 Å². The number of allylic oxidation sites excluding steroid dienone is 1. The standard InChI is InChI=1S/C37H46N8O3/c1-24-9-7-8-20-44(24)36-43-42-34-19-16-27(22-45(34)36)48-31-18-17-30(28-10-5-6-11-29(28)31)40-35(47)41-33(21-32(38)37(2,3)4)39-26-14-12-25(23-46)13-15-26/h5-6,10-16,19,21-22,24,30-31,38-39,46H,7-9,17-18,20,23H2,1-4H3,(H2,40,41,47)/b33-21+,38-32?/t24-,30-,31+/m0/s1. The molecular formula is C37H46N8O3. The predicted molar refractivity (Wildman–Crippen MR) is 188 cm³/mol. The van der Waals surface area contributed by atoms with E-state index in [2.05, 4.69) is 44.0 Å². The smallest absolute Gasteiger partial charge is 0.320 e. The van der Waals surface area contributed by atoms with Crippen LogP contribution >= 0.6 is 0 Å². The summed E-state index contributed by atoms with van der Waals surface area (Å²) < 4.78 is 8.65. The van der Waals surface area contributed by atoms with E-state index in [1.54, 1.807) is 6.08 Å². The van der Waals surface area contributed by atoms with E-state index in [0.29, 0.717) is 30.4 Å². The van der Waals surface area contributed by atoms with Gasteiger partial charge in [-0.15, -0.1) is 10.2 Å². The number of nitrogens with zero attached hydrogens (tertiary/aromatic N) is 4. The quantitative estimate of drug-likeness (QED) is 0.125. The first-order chi connectivity index (χ1) is 23.1. The Labute approximate surface area is 281 Å². The highest BCUT2D eigenvalue weighted by atomic mass is 16.5. The van der Waals surface area contributed by atoms with Crippen molar-refractivity contribution in [3.05, 3.63) is 95.4 Å². The van der Waals surface area contributed by atoms with Crippen molar-refractivity contribution in [2.45, 2.75) is 84.6 Å². The van der Waals surface area contributed by atoms with Crippen molar-refractivity contribution >= 4 is 29.0 Å². The molecule has 11 nitrogen and oxygen atoms in total. The molecule has 0 saturated carbocycles. The van der Waals surface area contributed by atoms with Crippen LogP contribution in [-0.4, -0.2) is 44.0 Å². The van der Waals surface area contributed by atoms with Gasteiger partial charge in [-0.05, 0) is 80.0 Å². The maximum Gasteiger partial charge on any atom is 0.320 e. The third-order valence-electron chi connectivity index (χ3n) is 9.20. The van der Waals surface area contributed by atoms with Crippen molar-refractivity contribution in [3.8, 4) is 5.75 Å². The summed E-state index contributed by atoms with van der Waals surface area (Å²) in [6.45, 7) is 9.02. The Morgan fingerprint density at radius 2 is 1.79 bits per heavy atom. The van der Waals surface area contributed by atoms with Gasteiger partial charge in [0.2, 0.25) is 5.95 Å². The van der Waals surface area contributed by atoms with Crippen molar-refractivity contribution in [1.29, 1.82) is 5.41 Å². The summed E-state index contributed by atoms with van der Waals surface area (Å²) in [4.78, 5) is 15.8. The molecule has 4 aromatic rings. The molecule has 2 aromatic carbocycles. The number of carbonyl (C=O) groups is 1. The van der Waals surface area contributed by atoms with Crippen LogP contribution < -0.4 is 25.6 Å². The lowest BCUT2D eigenvalue weighted by Gasteiger charge is -2.33. The number of aromatic nitrogens is 3. The predicted octanol–water partition coefficient (Wildman–Crippen LogP) is 6.87. The van der Waals surface area contributed by atoms with E-state index in [0.717, 1.165) is 59.1 Å². The van der Waals surface area contributed by atoms with Crippen LogP contribution in [0.15, 0.2) is 78.8 Å². The van der Waals surface area contributed by atoms with Gasteiger partial charge in [0.1, 0.15) is 17.7 Å². The molecule has 0 radical (unpaired) electrons. The molecule has 6 rings (SSSR count). The molecule has 2 aliphatic rings. The summed E-state index contributed by atoms with van der Waals surface area (Å²) in [7, 11) is 0. The van der Waals surface area contributed by atoms with E-state index in [-0.39, 0.29) is 24.8 Å². The second kappa shape index (κ2) is 14.1. The van der Waals surface area contributed by atoms with Gasteiger partial charge in [0.15, 0.2) is 5.65 Å². The minimum Gasteiger partial charge on any atom is -0.484 e. The van der Waals surface area contributed by atoms with Crippen LogP contribution in [0.4, 0.5) is 16.4 Å². The normalized spacial score (nSPS) is 19.8. The van der Waals surface area contributed by atoms with E-state index in [9.17, 15) is 9.90 Å². The molecule has 0 spiro atoms. The Kier molecular flexibility index (Phi) is 9.68. The minimum absolute atomic E-state index is 0.0522. The first kappa shape index (κ1) is 33.0. The van der Waals surface area contributed by atoms with Crippen LogP contribution in [-0.2, 0) is 6.61 Å². The van der Waals surface area contributed by atoms with Crippen LogP contribution in [0.2, 0.25) is 0 Å². The Morgan fingerprint density at radius 3 is 2.52 bits per heavy atom. The fraction of sp³-hybridized carbons (Fsp3) is 0.405. The fourth-order valence-electron chi connectivity index (χ4n) is 6.34. The maximum absolute atomic E-state index is 13.5. The Balaban J connectivity index is 1.17. The number of amides is 2. The number of fused-ring (bicyclic) bond motifs is 2. The van der Waals surface area contributed by atoms with Crippen LogP contribution in [0.1, 0.15) is 88.6 Å². The Morgan fingerprint density at radius 1 is 1.02 bits per heavy atom. The average molecular weight is 651 g/mol. The van der Waals surface area contributed by atoms with Crippen LogP contribution in [0.3, 0.4) is 0 Å². The zero-order chi connectivity index (χ0) is 33.8. The third-order valence-corrected chi connectivity index (χ3v) is 9.20. The molecule has 1 fully saturated rings. The topological polar surface area (TPSA) is 140 Å². The molecule has 1 saturated heterocycles. The van der Waals surface area contributed by atoms with Gasteiger partial charge >= 0.3 is 6.03 Å². The average Bonchev–Trinajstić information content (AvgIpc) is 3.49. The molecule has 2 aromatic heterocycles. The second-order valence-corrected chi connectivity index (χ2v) is 13.8. The number of pyridine rings is 1. The van der Waals surface area contributed by atoms with Gasteiger partial charge in [0.05, 0.1) is 18.8 Å². The van der Waals surface area contributed by atoms with Gasteiger partial charge in [-0.25, -0.2) is 4.79 Å². The lowest BCUT2D eigenvalue weighted by atomic mass is 9.85. The SMILES string of the molecule is C[C@H]1CCCCN1c1nnc2ccc(O[C@@H]3CC[C@H](NC(=O)N/C(=C/C(=N)C(C)(C)C)Nc4ccc(CO)cc4)c4ccccc43)cn12. The van der Waals surface area contributed by atoms with Gasteiger partial charge < -0.3 is 30.8 Å². The Hall–Kier alpha value is -4.90. The third kappa shape index (κ3) is 7.46. The van der Waals surface area contributed by atoms with Crippen molar-refractivity contribution in [3.63, 3.8) is 0 Å². The van der Waals surface area contributed by atoms with E-state index < -0.39 is 5.41 Å². The molecule has 3 atom stereocenters. The summed E-state index contributed by atoms with van der Waals surface area (Å²) in [6, 6.07) is 19.1. The number of carbonyl (C=O) groups excluding carboxylic acids is 1. The number of urea groups is 1. The zero-order valence-electron chi connectivity index (χ0n) is 28.2. The van der Waals surface area contributed by atoms with Gasteiger partial charge in [-0.3, -0.25) is 9.72 Å². The number of ether oxygens (including phenoxy) is 1. The first-order valence-corrected chi connectivity index (χ1v) is 16.8. The lowest BCUT2D eigenvalue weighted by Crippen LogP contribution is -2.41. The van der Waals surface area contributed by atoms with Crippen LogP contribution in [0, 0.1) is 10.8 Å². The number of aliphatic hydroxyl groups is 1. The molecule has 48 heavy (non-hydrogen) atoms. The molecule has 11 heteroatoms.